The molecule has 2 heterocycles. The van der Waals surface area contributed by atoms with Crippen LogP contribution >= 0.6 is 31.9 Å². The first kappa shape index (κ1) is 27.8. The van der Waals surface area contributed by atoms with Crippen LogP contribution in [0, 0.1) is 0 Å². The Labute approximate surface area is 240 Å². The Kier molecular flexibility index (Phi) is 10.7. The van der Waals surface area contributed by atoms with Crippen molar-refractivity contribution in [2.75, 3.05) is 0 Å². The zero-order valence-electron chi connectivity index (χ0n) is 20.9. The predicted octanol–water partition coefficient (Wildman–Crippen LogP) is 7.63. The highest BCUT2D eigenvalue weighted by Crippen LogP contribution is 2.26. The maximum Gasteiger partial charge on any atom is 0.125 e. The second kappa shape index (κ2) is 14.7. The van der Waals surface area contributed by atoms with Gasteiger partial charge in [0, 0.05) is 53.2 Å². The van der Waals surface area contributed by atoms with Gasteiger partial charge in [-0.1, -0.05) is 74.3 Å². The van der Waals surface area contributed by atoms with Gasteiger partial charge < -0.3 is 19.0 Å². The summed E-state index contributed by atoms with van der Waals surface area (Å²) in [5.41, 5.74) is 2.12. The number of aliphatic hydroxyl groups is 1. The number of hydrogen-bond acceptors (Lipinski definition) is 4. The van der Waals surface area contributed by atoms with Crippen LogP contribution in [0.25, 0.3) is 0 Å². The van der Waals surface area contributed by atoms with Gasteiger partial charge in [-0.2, -0.15) is 0 Å². The average molecular weight is 638 g/mol. The molecule has 0 aliphatic rings. The number of hydrogen-bond donors (Lipinski definition) is 1. The largest absolute Gasteiger partial charge is 0.486 e. The molecular weight excluding hydrogens is 608 g/mol. The number of imidazole rings is 2. The molecule has 0 radical (unpaired) electrons. The third-order valence-electron chi connectivity index (χ3n) is 5.95. The lowest BCUT2D eigenvalue weighted by atomic mass is 10.1. The van der Waals surface area contributed by atoms with E-state index in [0.29, 0.717) is 6.42 Å². The summed E-state index contributed by atoms with van der Waals surface area (Å²) >= 11 is 6.85. The Morgan fingerprint density at radius 2 is 1.21 bits per heavy atom. The van der Waals surface area contributed by atoms with Gasteiger partial charge in [0.15, 0.2) is 0 Å². The number of aromatic nitrogens is 4. The molecule has 196 valence electrons. The predicted molar refractivity (Wildman–Crippen MR) is 157 cm³/mol. The Bertz CT molecular complexity index is 1310. The third kappa shape index (κ3) is 8.97. The highest BCUT2D eigenvalue weighted by atomic mass is 79.9. The number of halogens is 2. The van der Waals surface area contributed by atoms with Crippen molar-refractivity contribution in [1.29, 1.82) is 0 Å². The maximum atomic E-state index is 9.96. The van der Waals surface area contributed by atoms with Gasteiger partial charge in [-0.25, -0.2) is 9.97 Å². The minimum atomic E-state index is -0.421. The SMILES string of the molecule is Brc1ccc(C(CCn2ccnc2)Oc2ccccc2)cc1.OC(CCn1ccnc1)c1ccc(Br)cc1. The van der Waals surface area contributed by atoms with E-state index in [1.807, 2.05) is 90.0 Å². The fourth-order valence-corrected chi connectivity index (χ4v) is 4.39. The molecular formula is C30H30Br2N4O2. The molecule has 0 spiro atoms. The zero-order chi connectivity index (χ0) is 26.6. The lowest BCUT2D eigenvalue weighted by Gasteiger charge is -2.20. The van der Waals surface area contributed by atoms with Gasteiger partial charge in [0.25, 0.3) is 0 Å². The summed E-state index contributed by atoms with van der Waals surface area (Å²) in [6.07, 6.45) is 12.2. The third-order valence-corrected chi connectivity index (χ3v) is 7.00. The molecule has 0 aliphatic heterocycles. The highest BCUT2D eigenvalue weighted by molar-refractivity contribution is 9.10. The van der Waals surface area contributed by atoms with E-state index in [9.17, 15) is 5.11 Å². The molecule has 38 heavy (non-hydrogen) atoms. The highest BCUT2D eigenvalue weighted by Gasteiger charge is 2.14. The number of aliphatic hydroxyl groups excluding tert-OH is 1. The Morgan fingerprint density at radius 3 is 1.74 bits per heavy atom. The molecule has 0 aliphatic carbocycles. The van der Waals surface area contributed by atoms with Crippen LogP contribution in [0.1, 0.15) is 36.2 Å². The van der Waals surface area contributed by atoms with Crippen molar-refractivity contribution in [3.63, 3.8) is 0 Å². The van der Waals surface area contributed by atoms with Crippen LogP contribution in [0.2, 0.25) is 0 Å². The summed E-state index contributed by atoms with van der Waals surface area (Å²) in [4.78, 5) is 8.04. The van der Waals surface area contributed by atoms with Gasteiger partial charge in [-0.3, -0.25) is 0 Å². The number of nitrogens with zero attached hydrogens (tertiary/aromatic N) is 4. The average Bonchev–Trinajstić information content (AvgIpc) is 3.66. The van der Waals surface area contributed by atoms with E-state index in [1.54, 1.807) is 18.7 Å². The van der Waals surface area contributed by atoms with Gasteiger partial charge in [-0.15, -0.1) is 0 Å². The molecule has 2 unspecified atom stereocenters. The molecule has 1 N–H and O–H groups in total. The fraction of sp³-hybridized carbons (Fsp3) is 0.200. The van der Waals surface area contributed by atoms with Gasteiger partial charge in [0.1, 0.15) is 11.9 Å². The second-order valence-electron chi connectivity index (χ2n) is 8.72. The van der Waals surface area contributed by atoms with E-state index in [-0.39, 0.29) is 6.10 Å². The first-order chi connectivity index (χ1) is 18.6. The molecule has 0 amide bonds. The van der Waals surface area contributed by atoms with Crippen molar-refractivity contribution in [2.24, 2.45) is 0 Å². The molecule has 6 nitrogen and oxygen atoms in total. The number of benzene rings is 3. The monoisotopic (exact) mass is 636 g/mol. The first-order valence-electron chi connectivity index (χ1n) is 12.4. The van der Waals surface area contributed by atoms with Crippen molar-refractivity contribution in [1.82, 2.24) is 19.1 Å². The minimum absolute atomic E-state index is 0.0119. The standard InChI is InChI=1S/C18H17BrN2O.C12H13BrN2O/c19-16-8-6-15(7-9-16)18(10-12-21-13-11-20-14-21)22-17-4-2-1-3-5-17;13-11-3-1-10(2-4-11)12(16)5-7-15-8-6-14-9-15/h1-9,11,13-14,18H,10,12H2;1-4,6,8-9,12,16H,5,7H2. The van der Waals surface area contributed by atoms with Crippen molar-refractivity contribution in [2.45, 2.75) is 38.1 Å². The van der Waals surface area contributed by atoms with Crippen LogP contribution < -0.4 is 4.74 Å². The van der Waals surface area contributed by atoms with Gasteiger partial charge >= 0.3 is 0 Å². The lowest BCUT2D eigenvalue weighted by Crippen LogP contribution is -2.11. The molecule has 5 rings (SSSR count). The zero-order valence-corrected chi connectivity index (χ0v) is 24.0. The summed E-state index contributed by atoms with van der Waals surface area (Å²) in [7, 11) is 0. The molecule has 0 bridgehead atoms. The fourth-order valence-electron chi connectivity index (χ4n) is 3.86. The van der Waals surface area contributed by atoms with E-state index in [0.717, 1.165) is 39.8 Å². The second-order valence-corrected chi connectivity index (χ2v) is 10.5. The van der Waals surface area contributed by atoms with Crippen molar-refractivity contribution >= 4 is 31.9 Å². The molecule has 2 aromatic heterocycles. The van der Waals surface area contributed by atoms with Crippen LogP contribution in [0.3, 0.4) is 0 Å². The Balaban J connectivity index is 0.000000186. The van der Waals surface area contributed by atoms with E-state index >= 15 is 0 Å². The molecule has 8 heteroatoms. The van der Waals surface area contributed by atoms with E-state index in [4.69, 9.17) is 4.74 Å². The molecule has 0 saturated carbocycles. The van der Waals surface area contributed by atoms with Gasteiger partial charge in [-0.05, 0) is 53.9 Å². The van der Waals surface area contributed by atoms with E-state index < -0.39 is 6.10 Å². The number of para-hydroxylation sites is 1. The van der Waals surface area contributed by atoms with Crippen molar-refractivity contribution < 1.29 is 9.84 Å². The number of aryl methyl sites for hydroxylation is 2. The summed E-state index contributed by atoms with van der Waals surface area (Å²) in [5, 5.41) is 9.96. The van der Waals surface area contributed by atoms with Crippen LogP contribution in [0.4, 0.5) is 0 Å². The number of ether oxygens (including phenoxy) is 1. The molecule has 5 aromatic rings. The van der Waals surface area contributed by atoms with Crippen LogP contribution in [0.15, 0.2) is 125 Å². The number of rotatable bonds is 10. The van der Waals surface area contributed by atoms with Gasteiger partial charge in [0.05, 0.1) is 18.8 Å². The van der Waals surface area contributed by atoms with Crippen molar-refractivity contribution in [3.05, 3.63) is 136 Å². The molecule has 0 fully saturated rings. The Hall–Kier alpha value is -3.20. The quantitative estimate of drug-likeness (QED) is 0.171. The maximum absolute atomic E-state index is 9.96. The van der Waals surface area contributed by atoms with Crippen molar-refractivity contribution in [3.8, 4) is 5.75 Å². The normalized spacial score (nSPS) is 12.3. The molecule has 0 saturated heterocycles. The summed E-state index contributed by atoms with van der Waals surface area (Å²) in [5.74, 6) is 0.890. The van der Waals surface area contributed by atoms with Crippen LogP contribution in [-0.4, -0.2) is 24.2 Å². The molecule has 2 atom stereocenters. The summed E-state index contributed by atoms with van der Waals surface area (Å²) in [6.45, 7) is 1.64. The molecule has 3 aromatic carbocycles. The van der Waals surface area contributed by atoms with Crippen LogP contribution in [-0.2, 0) is 13.1 Å². The summed E-state index contributed by atoms with van der Waals surface area (Å²) in [6, 6.07) is 26.0. The first-order valence-corrected chi connectivity index (χ1v) is 14.0. The summed E-state index contributed by atoms with van der Waals surface area (Å²) < 4.78 is 12.3. The van der Waals surface area contributed by atoms with Crippen LogP contribution in [0.5, 0.6) is 5.75 Å². The lowest BCUT2D eigenvalue weighted by molar-refractivity contribution is 0.161. The van der Waals surface area contributed by atoms with Gasteiger partial charge in [0.2, 0.25) is 0 Å². The smallest absolute Gasteiger partial charge is 0.125 e. The topological polar surface area (TPSA) is 65.1 Å². The Morgan fingerprint density at radius 1 is 0.684 bits per heavy atom. The van der Waals surface area contributed by atoms with E-state index in [1.165, 1.54) is 5.56 Å². The minimum Gasteiger partial charge on any atom is -0.486 e. The van der Waals surface area contributed by atoms with E-state index in [2.05, 4.69) is 58.5 Å².